The van der Waals surface area contributed by atoms with Crippen molar-refractivity contribution in [2.45, 2.75) is 51.9 Å². The molecule has 0 atom stereocenters. The van der Waals surface area contributed by atoms with E-state index in [0.717, 1.165) is 17.7 Å². The zero-order valence-corrected chi connectivity index (χ0v) is 16.4. The number of aryl methyl sites for hydroxylation is 1. The molecule has 1 aliphatic carbocycles. The van der Waals surface area contributed by atoms with Crippen LogP contribution in [0.25, 0.3) is 0 Å². The fourth-order valence-corrected chi connectivity index (χ4v) is 3.61. The van der Waals surface area contributed by atoms with Gasteiger partial charge in [-0.3, -0.25) is 9.48 Å². The molecule has 1 aromatic heterocycles. The third kappa shape index (κ3) is 4.83. The average molecular weight is 410 g/mol. The monoisotopic (exact) mass is 410 g/mol. The Balaban J connectivity index is 1.67. The number of fused-ring (bicyclic) bond motifs is 1. The highest BCUT2D eigenvalue weighted by Crippen LogP contribution is 2.31. The Morgan fingerprint density at radius 1 is 1.34 bits per heavy atom. The third-order valence-electron chi connectivity index (χ3n) is 5.22. The fraction of sp³-hybridized carbons (Fsp3) is 0.500. The van der Waals surface area contributed by atoms with Gasteiger partial charge < -0.3 is 15.4 Å². The molecule has 1 aliphatic heterocycles. The second kappa shape index (κ2) is 8.34. The molecule has 158 valence electrons. The van der Waals surface area contributed by atoms with Gasteiger partial charge in [0.1, 0.15) is 6.61 Å². The predicted molar refractivity (Wildman–Crippen MR) is 102 cm³/mol. The van der Waals surface area contributed by atoms with Crippen molar-refractivity contribution >= 4 is 5.91 Å². The molecule has 0 aromatic carbocycles. The smallest absolute Gasteiger partial charge is 0.416 e. The fourth-order valence-electron chi connectivity index (χ4n) is 3.61. The quantitative estimate of drug-likeness (QED) is 0.753. The summed E-state index contributed by atoms with van der Waals surface area (Å²) in [6.07, 6.45) is 0.422. The number of carbonyl (C=O) groups is 1. The number of hydrogen-bond acceptors (Lipinski definition) is 4. The van der Waals surface area contributed by atoms with E-state index in [1.54, 1.807) is 11.6 Å². The van der Waals surface area contributed by atoms with Gasteiger partial charge in [-0.2, -0.15) is 18.3 Å². The molecule has 3 rings (SSSR count). The molecule has 0 saturated carbocycles. The zero-order valence-electron chi connectivity index (χ0n) is 16.4. The van der Waals surface area contributed by atoms with E-state index < -0.39 is 17.7 Å². The Labute approximate surface area is 167 Å². The van der Waals surface area contributed by atoms with Crippen molar-refractivity contribution in [3.8, 4) is 0 Å². The average Bonchev–Trinajstić information content (AvgIpc) is 2.86. The largest absolute Gasteiger partial charge is 0.475 e. The molecule has 0 radical (unpaired) electrons. The number of ether oxygens (including phenoxy) is 1. The van der Waals surface area contributed by atoms with Crippen LogP contribution in [-0.4, -0.2) is 39.9 Å². The van der Waals surface area contributed by atoms with Crippen molar-refractivity contribution in [1.29, 1.82) is 0 Å². The molecule has 0 spiro atoms. The predicted octanol–water partition coefficient (Wildman–Crippen LogP) is 3.58. The number of nitrogens with zero attached hydrogens (tertiary/aromatic N) is 3. The maximum absolute atomic E-state index is 13.0. The minimum atomic E-state index is -4.36. The Hall–Kier alpha value is -2.71. The number of rotatable bonds is 5. The number of alkyl halides is 3. The second-order valence-corrected chi connectivity index (χ2v) is 7.32. The number of hydrogen-bond donors (Lipinski definition) is 1. The van der Waals surface area contributed by atoms with Crippen LogP contribution in [0.5, 0.6) is 0 Å². The minimum absolute atomic E-state index is 0.0630. The van der Waals surface area contributed by atoms with E-state index in [0.29, 0.717) is 50.4 Å². The summed E-state index contributed by atoms with van der Waals surface area (Å²) in [6.45, 7) is 7.57. The number of primary amides is 1. The number of halogens is 3. The van der Waals surface area contributed by atoms with Crippen LogP contribution in [0.4, 0.5) is 13.2 Å². The van der Waals surface area contributed by atoms with Crippen LogP contribution in [0.1, 0.15) is 47.4 Å². The number of carbonyl (C=O) groups excluding carboxylic acids is 1. The van der Waals surface area contributed by atoms with E-state index in [2.05, 4.69) is 11.7 Å². The number of nitrogens with two attached hydrogens (primary N) is 1. The number of aromatic nitrogens is 2. The summed E-state index contributed by atoms with van der Waals surface area (Å²) >= 11 is 0. The molecule has 1 aromatic rings. The Morgan fingerprint density at radius 2 is 2.10 bits per heavy atom. The summed E-state index contributed by atoms with van der Waals surface area (Å²) in [6, 6.07) is 0. The van der Waals surface area contributed by atoms with E-state index in [9.17, 15) is 18.0 Å². The highest BCUT2D eigenvalue weighted by atomic mass is 19.4. The van der Waals surface area contributed by atoms with Crippen molar-refractivity contribution in [2.24, 2.45) is 5.73 Å². The van der Waals surface area contributed by atoms with Crippen LogP contribution in [0.15, 0.2) is 35.8 Å². The Kier molecular flexibility index (Phi) is 6.04. The highest BCUT2D eigenvalue weighted by Gasteiger charge is 2.32. The lowest BCUT2D eigenvalue weighted by Crippen LogP contribution is -2.24. The summed E-state index contributed by atoms with van der Waals surface area (Å²) in [4.78, 5) is 13.5. The summed E-state index contributed by atoms with van der Waals surface area (Å²) in [5.41, 5.74) is 7.20. The maximum Gasteiger partial charge on any atom is 0.416 e. The third-order valence-corrected chi connectivity index (χ3v) is 5.22. The number of allylic oxidation sites excluding steroid dienone is 3. The molecule has 9 heteroatoms. The zero-order chi connectivity index (χ0) is 21.2. The highest BCUT2D eigenvalue weighted by molar-refractivity contribution is 5.92. The lowest BCUT2D eigenvalue weighted by Gasteiger charge is -2.25. The van der Waals surface area contributed by atoms with E-state index in [1.807, 2.05) is 4.90 Å². The lowest BCUT2D eigenvalue weighted by atomic mass is 10.1. The Bertz CT molecular complexity index is 868. The van der Waals surface area contributed by atoms with Gasteiger partial charge in [0.25, 0.3) is 5.91 Å². The first-order valence-electron chi connectivity index (χ1n) is 9.56. The summed E-state index contributed by atoms with van der Waals surface area (Å²) < 4.78 is 46.7. The summed E-state index contributed by atoms with van der Waals surface area (Å²) in [5.74, 6) is -0.180. The molecule has 2 heterocycles. The second-order valence-electron chi connectivity index (χ2n) is 7.32. The van der Waals surface area contributed by atoms with E-state index in [-0.39, 0.29) is 12.3 Å². The lowest BCUT2D eigenvalue weighted by molar-refractivity contribution is -0.0884. The first-order valence-corrected chi connectivity index (χ1v) is 9.56. The van der Waals surface area contributed by atoms with E-state index in [1.165, 1.54) is 12.2 Å². The van der Waals surface area contributed by atoms with Crippen molar-refractivity contribution in [2.75, 3.05) is 13.2 Å². The molecule has 0 saturated heterocycles. The molecule has 6 nitrogen and oxygen atoms in total. The molecule has 29 heavy (non-hydrogen) atoms. The molecule has 2 N–H and O–H groups in total. The van der Waals surface area contributed by atoms with Gasteiger partial charge in [0.2, 0.25) is 0 Å². The standard InChI is InChI=1S/C20H25F3N4O2/c1-13-17-11-26(8-5-9-27(17)25-18(13)19(24)28)14(2)29-12-15-6-3-4-7-16(10-15)20(21,22)23/h7,10H,2-6,8-9,11-12H2,1H3,(H2,24,28). The molecule has 0 bridgehead atoms. The van der Waals surface area contributed by atoms with Gasteiger partial charge in [0.05, 0.1) is 17.8 Å². The first-order chi connectivity index (χ1) is 13.7. The van der Waals surface area contributed by atoms with Crippen LogP contribution >= 0.6 is 0 Å². The van der Waals surface area contributed by atoms with Gasteiger partial charge in [-0.05, 0) is 50.8 Å². The van der Waals surface area contributed by atoms with Crippen LogP contribution in [-0.2, 0) is 17.8 Å². The van der Waals surface area contributed by atoms with Crippen molar-refractivity contribution in [3.05, 3.63) is 52.7 Å². The van der Waals surface area contributed by atoms with E-state index in [4.69, 9.17) is 10.5 Å². The molecule has 2 aliphatic rings. The van der Waals surface area contributed by atoms with Crippen molar-refractivity contribution < 1.29 is 22.7 Å². The van der Waals surface area contributed by atoms with Gasteiger partial charge in [-0.25, -0.2) is 0 Å². The van der Waals surface area contributed by atoms with Gasteiger partial charge in [0.15, 0.2) is 11.6 Å². The van der Waals surface area contributed by atoms with Crippen LogP contribution in [0.2, 0.25) is 0 Å². The van der Waals surface area contributed by atoms with Crippen LogP contribution in [0, 0.1) is 6.92 Å². The van der Waals surface area contributed by atoms with Crippen molar-refractivity contribution in [3.63, 3.8) is 0 Å². The topological polar surface area (TPSA) is 73.4 Å². The van der Waals surface area contributed by atoms with Gasteiger partial charge in [-0.15, -0.1) is 0 Å². The SMILES string of the molecule is C=C(OCC1=CC(C(F)(F)F)=CCCC1)N1CCCn2nc(C(N)=O)c(C)c2C1. The molecule has 0 unspecified atom stereocenters. The molecule has 0 fully saturated rings. The van der Waals surface area contributed by atoms with Gasteiger partial charge in [-0.1, -0.05) is 6.08 Å². The Morgan fingerprint density at radius 3 is 2.79 bits per heavy atom. The summed E-state index contributed by atoms with van der Waals surface area (Å²) in [5, 5.41) is 4.29. The number of amides is 1. The summed E-state index contributed by atoms with van der Waals surface area (Å²) in [7, 11) is 0. The molecular formula is C20H25F3N4O2. The first kappa shape index (κ1) is 21.0. The van der Waals surface area contributed by atoms with Gasteiger partial charge in [0, 0.05) is 18.7 Å². The maximum atomic E-state index is 13.0. The van der Waals surface area contributed by atoms with E-state index >= 15 is 0 Å². The van der Waals surface area contributed by atoms with Crippen LogP contribution in [0.3, 0.4) is 0 Å². The van der Waals surface area contributed by atoms with Crippen LogP contribution < -0.4 is 5.73 Å². The minimum Gasteiger partial charge on any atom is -0.475 e. The van der Waals surface area contributed by atoms with Crippen molar-refractivity contribution in [1.82, 2.24) is 14.7 Å². The van der Waals surface area contributed by atoms with Gasteiger partial charge >= 0.3 is 6.18 Å². The molecule has 1 amide bonds. The normalized spacial score (nSPS) is 17.6. The molecular weight excluding hydrogens is 385 g/mol.